The van der Waals surface area contributed by atoms with Crippen molar-refractivity contribution < 1.29 is 23.2 Å². The van der Waals surface area contributed by atoms with E-state index in [1.165, 1.54) is 6.42 Å². The second kappa shape index (κ2) is 7.89. The van der Waals surface area contributed by atoms with E-state index < -0.39 is 12.8 Å². The molecule has 0 aromatic carbocycles. The number of nitrogens with two attached hydrogens (primary N) is 1. The van der Waals surface area contributed by atoms with Crippen LogP contribution in [0.3, 0.4) is 0 Å². The van der Waals surface area contributed by atoms with Gasteiger partial charge in [0, 0.05) is 5.41 Å². The van der Waals surface area contributed by atoms with Crippen LogP contribution in [0.15, 0.2) is 0 Å². The van der Waals surface area contributed by atoms with Crippen LogP contribution in [0.4, 0.5) is 0 Å². The molecule has 0 radical (unpaired) electrons. The van der Waals surface area contributed by atoms with Crippen molar-refractivity contribution in [3.05, 3.63) is 0 Å². The summed E-state index contributed by atoms with van der Waals surface area (Å²) in [6.07, 6.45) is 2.24. The van der Waals surface area contributed by atoms with Crippen molar-refractivity contribution in [2.45, 2.75) is 46.6 Å². The minimum absolute atomic E-state index is 0.0962. The monoisotopic (exact) mass is 537 g/mol. The Balaban J connectivity index is 0.000000555. The van der Waals surface area contributed by atoms with E-state index in [0.29, 0.717) is 0 Å². The molecule has 0 bridgehead atoms. The molecule has 0 saturated heterocycles. The van der Waals surface area contributed by atoms with Crippen LogP contribution in [0.25, 0.3) is 0 Å². The van der Waals surface area contributed by atoms with E-state index in [2.05, 4.69) is 33.0 Å². The molecule has 2 nitrogen and oxygen atoms in total. The summed E-state index contributed by atoms with van der Waals surface area (Å²) >= 11 is -3.00. The van der Waals surface area contributed by atoms with E-state index >= 15 is 0 Å². The van der Waals surface area contributed by atoms with E-state index in [4.69, 9.17) is 36.8 Å². The molecule has 0 spiro atoms. The van der Waals surface area contributed by atoms with E-state index in [-0.39, 0.29) is 16.9 Å². The van der Waals surface area contributed by atoms with Crippen LogP contribution < -0.4 is 5.32 Å². The van der Waals surface area contributed by atoms with Crippen molar-refractivity contribution in [3.63, 3.8) is 0 Å². The van der Waals surface area contributed by atoms with E-state index in [1.54, 1.807) is 0 Å². The van der Waals surface area contributed by atoms with Gasteiger partial charge in [-0.15, -0.1) is 0 Å². The first-order valence-electron chi connectivity index (χ1n) is 6.27. The van der Waals surface area contributed by atoms with Crippen molar-refractivity contribution in [1.29, 1.82) is 0 Å². The predicted octanol–water partition coefficient (Wildman–Crippen LogP) is 3.76. The van der Waals surface area contributed by atoms with Crippen LogP contribution >= 0.6 is 36.8 Å². The van der Waals surface area contributed by atoms with Crippen LogP contribution in [0.2, 0.25) is 0 Å². The van der Waals surface area contributed by atoms with Gasteiger partial charge in [-0.3, -0.25) is 0 Å². The molecule has 1 saturated carbocycles. The maximum atomic E-state index is 10.2. The Morgan fingerprint density at radius 3 is 1.95 bits per heavy atom. The molecule has 1 aliphatic carbocycles. The van der Waals surface area contributed by atoms with Gasteiger partial charge in [-0.1, -0.05) is 27.7 Å². The van der Waals surface area contributed by atoms with Gasteiger partial charge in [0.05, 0.1) is 7.05 Å². The van der Waals surface area contributed by atoms with Gasteiger partial charge >= 0.3 is 49.6 Å². The van der Waals surface area contributed by atoms with Gasteiger partial charge in [-0.05, 0) is 24.2 Å². The maximum absolute atomic E-state index is 10.2. The zero-order valence-electron chi connectivity index (χ0n) is 12.1. The van der Waals surface area contributed by atoms with Crippen molar-refractivity contribution in [1.82, 2.24) is 0 Å². The molecular weight excluding hydrogens is 513 g/mol. The summed E-state index contributed by atoms with van der Waals surface area (Å²) in [5.41, 5.74) is 0.356. The Morgan fingerprint density at radius 2 is 1.68 bits per heavy atom. The van der Waals surface area contributed by atoms with Gasteiger partial charge in [0.1, 0.15) is 12.6 Å². The first kappa shape index (κ1) is 20.8. The van der Waals surface area contributed by atoms with E-state index in [0.717, 1.165) is 18.9 Å². The van der Waals surface area contributed by atoms with Gasteiger partial charge in [-0.2, -0.15) is 0 Å². The second-order valence-electron chi connectivity index (χ2n) is 6.00. The molecule has 0 aromatic heterocycles. The zero-order valence-corrected chi connectivity index (χ0v) is 17.3. The topological polar surface area (TPSA) is 36.8 Å². The van der Waals surface area contributed by atoms with Gasteiger partial charge < -0.3 is 10.4 Å². The minimum atomic E-state index is -3.00. The predicted molar refractivity (Wildman–Crippen MR) is 82.4 cm³/mol. The number of halogens is 4. The number of hydrogen-bond donors (Lipinski definition) is 2. The summed E-state index contributed by atoms with van der Waals surface area (Å²) in [5, 5.41) is 12.3. The molecule has 0 aromatic rings. The van der Waals surface area contributed by atoms with E-state index in [9.17, 15) is 5.11 Å². The number of likely N-dealkylation sites (N-methyl/N-ethyl adjacent to an activating group) is 1. The summed E-state index contributed by atoms with van der Waals surface area (Å²) in [5.74, 6) is 0.721. The molecule has 7 heteroatoms. The molecule has 1 rings (SSSR count). The quantitative estimate of drug-likeness (QED) is 0.528. The van der Waals surface area contributed by atoms with Crippen molar-refractivity contribution in [2.75, 3.05) is 13.6 Å². The second-order valence-corrected chi connectivity index (χ2v) is 24.8. The van der Waals surface area contributed by atoms with Gasteiger partial charge in [0.15, 0.2) is 0 Å². The summed E-state index contributed by atoms with van der Waals surface area (Å²) in [7, 11) is 22.0. The molecule has 3 atom stereocenters. The first-order valence-corrected chi connectivity index (χ1v) is 17.0. The van der Waals surface area contributed by atoms with Crippen LogP contribution in [0.1, 0.15) is 40.5 Å². The average Bonchev–Trinajstić information content (AvgIpc) is 2.41. The Kier molecular flexibility index (Phi) is 8.65. The fourth-order valence-electron chi connectivity index (χ4n) is 2.84. The first-order chi connectivity index (χ1) is 8.36. The molecule has 3 unspecified atom stereocenters. The molecule has 0 heterocycles. The van der Waals surface area contributed by atoms with Crippen molar-refractivity contribution in [2.24, 2.45) is 16.7 Å². The Labute approximate surface area is 136 Å². The van der Waals surface area contributed by atoms with Gasteiger partial charge in [0.2, 0.25) is 0 Å². The van der Waals surface area contributed by atoms with Crippen LogP contribution in [0.5, 0.6) is 0 Å². The van der Waals surface area contributed by atoms with Gasteiger partial charge in [0.25, 0.3) is 0 Å². The SMILES string of the molecule is C[NH2+]CC(O)C1(C)CCC(C)C1(C)C.[Cl][Au-]([Cl])([Cl])[Cl]. The summed E-state index contributed by atoms with van der Waals surface area (Å²) in [6.45, 7) is 10.0. The van der Waals surface area contributed by atoms with E-state index in [1.807, 2.05) is 7.05 Å². The number of aliphatic hydroxyl groups is 1. The number of hydrogen-bond acceptors (Lipinski definition) is 1. The number of quaternary nitrogens is 1. The number of rotatable bonds is 3. The normalized spacial score (nSPS) is 32.4. The summed E-state index contributed by atoms with van der Waals surface area (Å²) in [4.78, 5) is 0. The molecule has 1 aliphatic rings. The van der Waals surface area contributed by atoms with Crippen molar-refractivity contribution >= 4 is 36.8 Å². The van der Waals surface area contributed by atoms with Crippen molar-refractivity contribution in [3.8, 4) is 0 Å². The van der Waals surface area contributed by atoms with Crippen LogP contribution in [-0.2, 0) is 12.8 Å². The third-order valence-electron chi connectivity index (χ3n) is 5.00. The fourth-order valence-corrected chi connectivity index (χ4v) is 2.84. The average molecular weight is 539 g/mol. The molecule has 3 N–H and O–H groups in total. The van der Waals surface area contributed by atoms with Crippen LogP contribution in [0, 0.1) is 16.7 Å². The zero-order chi connectivity index (χ0) is 15.5. The Hall–Kier alpha value is 1.82. The molecular formula is C12H26AuCl4NO. The third kappa shape index (κ3) is 6.22. The molecule has 19 heavy (non-hydrogen) atoms. The third-order valence-corrected chi connectivity index (χ3v) is 5.00. The Bertz CT molecular complexity index is 279. The Morgan fingerprint density at radius 1 is 1.26 bits per heavy atom. The number of aliphatic hydroxyl groups excluding tert-OH is 1. The fraction of sp³-hybridized carbons (Fsp3) is 1.00. The van der Waals surface area contributed by atoms with Gasteiger partial charge in [-0.25, -0.2) is 0 Å². The summed E-state index contributed by atoms with van der Waals surface area (Å²) in [6, 6.07) is 0. The summed E-state index contributed by atoms with van der Waals surface area (Å²) < 4.78 is 0. The molecule has 0 aliphatic heterocycles. The molecule has 1 fully saturated rings. The molecule has 124 valence electrons. The standard InChI is InChI=1S/C12H25NO.Au.4ClH/c1-9-6-7-12(4,11(9,2)3)10(14)8-13-5;;;;;/h9-10,13-14H,6-8H2,1-5H3;;4*1H/q;+3;;;;/p-3. The van der Waals surface area contributed by atoms with Crippen LogP contribution in [-0.4, -0.2) is 24.8 Å². The molecule has 0 amide bonds.